The Bertz CT molecular complexity index is 638. The van der Waals surface area contributed by atoms with Gasteiger partial charge in [-0.1, -0.05) is 6.42 Å². The number of nitrogens with zero attached hydrogens (tertiary/aromatic N) is 2. The van der Waals surface area contributed by atoms with Gasteiger partial charge in [0.15, 0.2) is 5.96 Å². The van der Waals surface area contributed by atoms with Crippen molar-refractivity contribution < 1.29 is 8.42 Å². The zero-order chi connectivity index (χ0) is 17.4. The van der Waals surface area contributed by atoms with Gasteiger partial charge in [0, 0.05) is 38.5 Å². The Morgan fingerprint density at radius 3 is 2.71 bits per heavy atom. The molecule has 0 atom stereocenters. The van der Waals surface area contributed by atoms with Gasteiger partial charge in [0.25, 0.3) is 0 Å². The molecule has 24 heavy (non-hydrogen) atoms. The Kier molecular flexibility index (Phi) is 7.44. The second-order valence-corrected chi connectivity index (χ2v) is 8.99. The molecule has 2 rings (SSSR count). The van der Waals surface area contributed by atoms with Gasteiger partial charge in [-0.25, -0.2) is 18.1 Å². The molecular formula is C15H27N5O2S2. The quantitative estimate of drug-likeness (QED) is 0.441. The first-order valence-corrected chi connectivity index (χ1v) is 10.8. The van der Waals surface area contributed by atoms with Crippen molar-refractivity contribution in [3.05, 3.63) is 16.1 Å². The lowest BCUT2D eigenvalue weighted by molar-refractivity contribution is 0.316. The first kappa shape index (κ1) is 19.1. The number of guanidine groups is 1. The van der Waals surface area contributed by atoms with E-state index in [-0.39, 0.29) is 5.75 Å². The van der Waals surface area contributed by atoms with E-state index in [0.717, 1.165) is 30.0 Å². The lowest BCUT2D eigenvalue weighted by Gasteiger charge is -2.25. The zero-order valence-corrected chi connectivity index (χ0v) is 16.0. The van der Waals surface area contributed by atoms with Crippen LogP contribution in [0.2, 0.25) is 0 Å². The van der Waals surface area contributed by atoms with Crippen LogP contribution in [-0.4, -0.2) is 51.8 Å². The highest BCUT2D eigenvalue weighted by molar-refractivity contribution is 7.89. The van der Waals surface area contributed by atoms with E-state index in [4.69, 9.17) is 0 Å². The number of hydrogen-bond acceptors (Lipinski definition) is 5. The molecule has 3 N–H and O–H groups in total. The van der Waals surface area contributed by atoms with Crippen LogP contribution in [0.4, 0.5) is 0 Å². The van der Waals surface area contributed by atoms with Crippen LogP contribution in [0.15, 0.2) is 10.4 Å². The molecule has 9 heteroatoms. The normalized spacial score (nSPS) is 16.0. The van der Waals surface area contributed by atoms with Crippen LogP contribution in [0.3, 0.4) is 0 Å². The van der Waals surface area contributed by atoms with Crippen molar-refractivity contribution in [2.24, 2.45) is 10.9 Å². The third-order valence-electron chi connectivity index (χ3n) is 4.04. The highest BCUT2D eigenvalue weighted by atomic mass is 32.2. The molecule has 0 aromatic carbocycles. The molecule has 1 saturated carbocycles. The second-order valence-electron chi connectivity index (χ2n) is 6.00. The van der Waals surface area contributed by atoms with Crippen molar-refractivity contribution in [1.82, 2.24) is 20.3 Å². The summed E-state index contributed by atoms with van der Waals surface area (Å²) in [5.41, 5.74) is 1.06. The van der Waals surface area contributed by atoms with Crippen LogP contribution in [0.25, 0.3) is 0 Å². The van der Waals surface area contributed by atoms with Crippen LogP contribution in [-0.2, 0) is 16.4 Å². The fourth-order valence-corrected chi connectivity index (χ4v) is 4.02. The minimum Gasteiger partial charge on any atom is -0.356 e. The van der Waals surface area contributed by atoms with Crippen LogP contribution < -0.4 is 15.4 Å². The first-order chi connectivity index (χ1) is 11.5. The van der Waals surface area contributed by atoms with E-state index in [1.807, 2.05) is 12.3 Å². The van der Waals surface area contributed by atoms with E-state index in [2.05, 4.69) is 25.3 Å². The summed E-state index contributed by atoms with van der Waals surface area (Å²) < 4.78 is 26.5. The number of aliphatic imine (C=N–C) groups is 1. The zero-order valence-electron chi connectivity index (χ0n) is 14.3. The molecule has 0 saturated heterocycles. The third-order valence-corrected chi connectivity index (χ3v) is 6.21. The molecular weight excluding hydrogens is 346 g/mol. The summed E-state index contributed by atoms with van der Waals surface area (Å²) in [5, 5.41) is 9.32. The molecule has 1 heterocycles. The van der Waals surface area contributed by atoms with Gasteiger partial charge < -0.3 is 10.6 Å². The van der Waals surface area contributed by atoms with Gasteiger partial charge in [-0.15, -0.1) is 11.3 Å². The van der Waals surface area contributed by atoms with Crippen molar-refractivity contribution >= 4 is 27.3 Å². The van der Waals surface area contributed by atoms with E-state index >= 15 is 0 Å². The Morgan fingerprint density at radius 1 is 1.38 bits per heavy atom. The van der Waals surface area contributed by atoms with Crippen LogP contribution in [0, 0.1) is 12.8 Å². The smallest absolute Gasteiger partial charge is 0.213 e. The van der Waals surface area contributed by atoms with Crippen molar-refractivity contribution in [3.63, 3.8) is 0 Å². The maximum atomic E-state index is 11.9. The average Bonchev–Trinajstić information content (AvgIpc) is 2.89. The summed E-state index contributed by atoms with van der Waals surface area (Å²) in [5.74, 6) is 1.18. The summed E-state index contributed by atoms with van der Waals surface area (Å²) in [4.78, 5) is 8.51. The van der Waals surface area contributed by atoms with Gasteiger partial charge >= 0.3 is 0 Å². The summed E-state index contributed by atoms with van der Waals surface area (Å²) in [6.45, 7) is 3.59. The Morgan fingerprint density at radius 2 is 2.12 bits per heavy atom. The van der Waals surface area contributed by atoms with E-state index in [1.165, 1.54) is 6.42 Å². The molecule has 0 amide bonds. The van der Waals surface area contributed by atoms with Gasteiger partial charge in [0.2, 0.25) is 10.0 Å². The summed E-state index contributed by atoms with van der Waals surface area (Å²) in [6, 6.07) is 0. The second kappa shape index (κ2) is 9.33. The predicted molar refractivity (Wildman–Crippen MR) is 99.0 cm³/mol. The van der Waals surface area contributed by atoms with Crippen molar-refractivity contribution in [2.75, 3.05) is 32.4 Å². The minimum absolute atomic E-state index is 0.0473. The number of nitrogens with one attached hydrogen (secondary N) is 3. The fraction of sp³-hybridized carbons (Fsp3) is 0.733. The van der Waals surface area contributed by atoms with E-state index < -0.39 is 10.0 Å². The highest BCUT2D eigenvalue weighted by Crippen LogP contribution is 2.25. The highest BCUT2D eigenvalue weighted by Gasteiger charge is 2.20. The molecule has 136 valence electrons. The molecule has 0 spiro atoms. The molecule has 0 aliphatic heterocycles. The molecule has 1 aliphatic carbocycles. The van der Waals surface area contributed by atoms with Gasteiger partial charge in [-0.2, -0.15) is 0 Å². The Labute approximate surface area is 148 Å². The third kappa shape index (κ3) is 6.74. The van der Waals surface area contributed by atoms with Crippen LogP contribution in [0.1, 0.15) is 30.0 Å². The van der Waals surface area contributed by atoms with Crippen LogP contribution >= 0.6 is 11.3 Å². The molecule has 7 nitrogen and oxygen atoms in total. The molecule has 0 unspecified atom stereocenters. The maximum Gasteiger partial charge on any atom is 0.213 e. The number of aryl methyl sites for hydroxylation is 1. The van der Waals surface area contributed by atoms with Crippen molar-refractivity contribution in [2.45, 2.75) is 32.6 Å². The van der Waals surface area contributed by atoms with Gasteiger partial charge in [0.05, 0.1) is 16.5 Å². The van der Waals surface area contributed by atoms with Crippen LogP contribution in [0.5, 0.6) is 0 Å². The molecule has 1 fully saturated rings. The number of sulfonamides is 1. The summed E-state index contributed by atoms with van der Waals surface area (Å²) in [6.07, 6.45) is 4.30. The van der Waals surface area contributed by atoms with E-state index in [0.29, 0.717) is 31.5 Å². The lowest BCUT2D eigenvalue weighted by Crippen LogP contribution is -2.42. The van der Waals surface area contributed by atoms with E-state index in [9.17, 15) is 8.42 Å². The Balaban J connectivity index is 1.61. The van der Waals surface area contributed by atoms with Gasteiger partial charge in [0.1, 0.15) is 0 Å². The van der Waals surface area contributed by atoms with Gasteiger partial charge in [-0.3, -0.25) is 4.99 Å². The molecule has 1 aromatic heterocycles. The topological polar surface area (TPSA) is 95.5 Å². The molecule has 0 bridgehead atoms. The largest absolute Gasteiger partial charge is 0.356 e. The monoisotopic (exact) mass is 373 g/mol. The number of rotatable bonds is 9. The number of hydrogen-bond donors (Lipinski definition) is 3. The minimum atomic E-state index is -3.22. The lowest BCUT2D eigenvalue weighted by atomic mass is 9.86. The number of aromatic nitrogens is 1. The van der Waals surface area contributed by atoms with E-state index in [1.54, 1.807) is 18.4 Å². The van der Waals surface area contributed by atoms with Gasteiger partial charge in [-0.05, 0) is 25.7 Å². The SMILES string of the molecule is CN=C(NCCc1csc(C)n1)NCCS(=O)(=O)NCC1CCC1. The summed E-state index contributed by atoms with van der Waals surface area (Å²) >= 11 is 1.64. The fourth-order valence-electron chi connectivity index (χ4n) is 2.37. The van der Waals surface area contributed by atoms with Crippen molar-refractivity contribution in [3.8, 4) is 0 Å². The average molecular weight is 374 g/mol. The molecule has 1 aromatic rings. The molecule has 0 radical (unpaired) electrons. The Hall–Kier alpha value is -1.19. The first-order valence-electron chi connectivity index (χ1n) is 8.31. The predicted octanol–water partition coefficient (Wildman–Crippen LogP) is 0.879. The standard InChI is InChI=1S/C15H27N5O2S2/c1-12-20-14(11-23-12)6-7-17-15(16-2)18-8-9-24(21,22)19-10-13-4-3-5-13/h11,13,19H,3-10H2,1-2H3,(H2,16,17,18). The number of thiazole rings is 1. The maximum absolute atomic E-state index is 11.9. The summed E-state index contributed by atoms with van der Waals surface area (Å²) in [7, 11) is -1.55. The molecule has 1 aliphatic rings. The van der Waals surface area contributed by atoms with Crippen molar-refractivity contribution in [1.29, 1.82) is 0 Å².